The number of carbonyl (C=O) groups is 1. The molecule has 1 heterocycles. The Bertz CT molecular complexity index is 470. The standard InChI is InChI=1S/C12H17Cl2N3O/c1-8(2)6-17-9(4-5-15-17)16-10(18)11(3)7-12(11,13)14/h4-5,8H,6-7H2,1-3H3,(H,16,18)/t11-/m0/s1. The highest BCUT2D eigenvalue weighted by Crippen LogP contribution is 2.64. The van der Waals surface area contributed by atoms with Gasteiger partial charge >= 0.3 is 0 Å². The number of hydrogen-bond donors (Lipinski definition) is 1. The van der Waals surface area contributed by atoms with Crippen LogP contribution < -0.4 is 5.32 Å². The number of anilines is 1. The largest absolute Gasteiger partial charge is 0.310 e. The number of carbonyl (C=O) groups excluding carboxylic acids is 1. The first-order valence-corrected chi connectivity index (χ1v) is 6.73. The van der Waals surface area contributed by atoms with Gasteiger partial charge in [-0.2, -0.15) is 5.10 Å². The van der Waals surface area contributed by atoms with E-state index in [0.29, 0.717) is 18.2 Å². The van der Waals surface area contributed by atoms with Gasteiger partial charge in [0.1, 0.15) is 10.2 Å². The first-order valence-electron chi connectivity index (χ1n) is 5.97. The van der Waals surface area contributed by atoms with E-state index in [1.807, 2.05) is 0 Å². The second kappa shape index (κ2) is 4.42. The molecular weight excluding hydrogens is 273 g/mol. The number of halogens is 2. The molecule has 0 aromatic carbocycles. The maximum absolute atomic E-state index is 12.1. The van der Waals surface area contributed by atoms with Crippen LogP contribution >= 0.6 is 23.2 Å². The second-order valence-corrected chi connectivity index (χ2v) is 6.94. The van der Waals surface area contributed by atoms with E-state index < -0.39 is 9.75 Å². The molecule has 4 nitrogen and oxygen atoms in total. The van der Waals surface area contributed by atoms with Crippen LogP contribution in [0.2, 0.25) is 0 Å². The number of aromatic nitrogens is 2. The molecular formula is C12H17Cl2N3O. The van der Waals surface area contributed by atoms with E-state index >= 15 is 0 Å². The normalized spacial score (nSPS) is 25.2. The van der Waals surface area contributed by atoms with Gasteiger partial charge in [-0.3, -0.25) is 4.79 Å². The fraction of sp³-hybridized carbons (Fsp3) is 0.667. The van der Waals surface area contributed by atoms with Crippen LogP contribution in [0.25, 0.3) is 0 Å². The lowest BCUT2D eigenvalue weighted by atomic mass is 10.1. The van der Waals surface area contributed by atoms with Gasteiger partial charge < -0.3 is 5.32 Å². The summed E-state index contributed by atoms with van der Waals surface area (Å²) in [5.41, 5.74) is -0.705. The molecule has 0 aliphatic heterocycles. The first kappa shape index (κ1) is 13.7. The van der Waals surface area contributed by atoms with Gasteiger partial charge in [-0.05, 0) is 19.3 Å². The summed E-state index contributed by atoms with van der Waals surface area (Å²) in [5, 5.41) is 7.03. The van der Waals surface area contributed by atoms with E-state index in [2.05, 4.69) is 24.3 Å². The van der Waals surface area contributed by atoms with Crippen molar-refractivity contribution in [1.82, 2.24) is 9.78 Å². The fourth-order valence-electron chi connectivity index (χ4n) is 1.83. The predicted molar refractivity (Wildman–Crippen MR) is 72.9 cm³/mol. The molecule has 0 spiro atoms. The maximum atomic E-state index is 12.1. The Hall–Kier alpha value is -0.740. The van der Waals surface area contributed by atoms with Crippen LogP contribution in [-0.4, -0.2) is 20.0 Å². The van der Waals surface area contributed by atoms with Gasteiger partial charge in [0, 0.05) is 12.6 Å². The summed E-state index contributed by atoms with van der Waals surface area (Å²) in [5.74, 6) is 0.987. The quantitative estimate of drug-likeness (QED) is 0.866. The van der Waals surface area contributed by atoms with E-state index in [4.69, 9.17) is 23.2 Å². The van der Waals surface area contributed by atoms with Gasteiger partial charge in [0.25, 0.3) is 0 Å². The Labute approximate surface area is 117 Å². The van der Waals surface area contributed by atoms with Crippen LogP contribution in [0.15, 0.2) is 12.3 Å². The van der Waals surface area contributed by atoms with Crippen LogP contribution in [0.4, 0.5) is 5.82 Å². The minimum absolute atomic E-state index is 0.155. The Morgan fingerprint density at radius 1 is 1.61 bits per heavy atom. The first-order chi connectivity index (χ1) is 8.26. The Balaban J connectivity index is 2.07. The molecule has 0 radical (unpaired) electrons. The number of rotatable bonds is 4. The van der Waals surface area contributed by atoms with E-state index in [-0.39, 0.29) is 5.91 Å². The van der Waals surface area contributed by atoms with Crippen molar-refractivity contribution < 1.29 is 4.79 Å². The highest BCUT2D eigenvalue weighted by molar-refractivity contribution is 6.53. The van der Waals surface area contributed by atoms with Gasteiger partial charge in [0.05, 0.1) is 11.6 Å². The van der Waals surface area contributed by atoms with Gasteiger partial charge in [-0.1, -0.05) is 13.8 Å². The van der Waals surface area contributed by atoms with Crippen LogP contribution in [-0.2, 0) is 11.3 Å². The molecule has 0 bridgehead atoms. The Kier molecular flexibility index (Phi) is 3.36. The third kappa shape index (κ3) is 2.36. The van der Waals surface area contributed by atoms with Crippen molar-refractivity contribution in [3.63, 3.8) is 0 Å². The molecule has 18 heavy (non-hydrogen) atoms. The topological polar surface area (TPSA) is 46.9 Å². The Morgan fingerprint density at radius 2 is 2.22 bits per heavy atom. The van der Waals surface area contributed by atoms with Crippen molar-refractivity contribution in [3.8, 4) is 0 Å². The lowest BCUT2D eigenvalue weighted by Gasteiger charge is -2.14. The van der Waals surface area contributed by atoms with Gasteiger partial charge in [0.2, 0.25) is 5.91 Å². The van der Waals surface area contributed by atoms with E-state index in [9.17, 15) is 4.79 Å². The molecule has 1 aromatic heterocycles. The molecule has 0 saturated heterocycles. The molecule has 1 aliphatic carbocycles. The molecule has 0 unspecified atom stereocenters. The molecule has 6 heteroatoms. The van der Waals surface area contributed by atoms with Crippen molar-refractivity contribution in [2.24, 2.45) is 11.3 Å². The summed E-state index contributed by atoms with van der Waals surface area (Å²) in [6, 6.07) is 1.77. The molecule has 1 fully saturated rings. The zero-order valence-electron chi connectivity index (χ0n) is 10.7. The smallest absolute Gasteiger partial charge is 0.234 e. The summed E-state index contributed by atoms with van der Waals surface area (Å²) in [6.45, 7) is 6.72. The van der Waals surface area contributed by atoms with Crippen molar-refractivity contribution in [3.05, 3.63) is 12.3 Å². The molecule has 1 amide bonds. The molecule has 1 saturated carbocycles. The van der Waals surface area contributed by atoms with E-state index in [1.165, 1.54) is 0 Å². The minimum Gasteiger partial charge on any atom is -0.310 e. The summed E-state index contributed by atoms with van der Waals surface area (Å²) in [6.07, 6.45) is 2.15. The number of nitrogens with zero attached hydrogens (tertiary/aromatic N) is 2. The lowest BCUT2D eigenvalue weighted by molar-refractivity contribution is -0.120. The van der Waals surface area contributed by atoms with Crippen LogP contribution in [0.3, 0.4) is 0 Å². The van der Waals surface area contributed by atoms with Crippen molar-refractivity contribution in [1.29, 1.82) is 0 Å². The maximum Gasteiger partial charge on any atom is 0.234 e. The number of nitrogens with one attached hydrogen (secondary N) is 1. The van der Waals surface area contributed by atoms with Crippen LogP contribution in [0.5, 0.6) is 0 Å². The van der Waals surface area contributed by atoms with Gasteiger partial charge in [0.15, 0.2) is 0 Å². The van der Waals surface area contributed by atoms with E-state index in [1.54, 1.807) is 23.9 Å². The number of hydrogen-bond acceptors (Lipinski definition) is 2. The molecule has 100 valence electrons. The molecule has 2 rings (SSSR count). The molecule has 1 aliphatic rings. The number of alkyl halides is 2. The average molecular weight is 290 g/mol. The van der Waals surface area contributed by atoms with Crippen molar-refractivity contribution in [2.45, 2.75) is 38.1 Å². The second-order valence-electron chi connectivity index (χ2n) is 5.46. The SMILES string of the molecule is CC(C)Cn1nccc1NC(=O)[C@]1(C)CC1(Cl)Cl. The lowest BCUT2D eigenvalue weighted by Crippen LogP contribution is -2.27. The highest BCUT2D eigenvalue weighted by atomic mass is 35.5. The summed E-state index contributed by atoms with van der Waals surface area (Å²) in [7, 11) is 0. The molecule has 1 N–H and O–H groups in total. The molecule has 1 atom stereocenters. The van der Waals surface area contributed by atoms with Crippen molar-refractivity contribution in [2.75, 3.05) is 5.32 Å². The number of amides is 1. The van der Waals surface area contributed by atoms with Gasteiger partial charge in [-0.25, -0.2) is 4.68 Å². The predicted octanol–water partition coefficient (Wildman–Crippen LogP) is 3.06. The highest BCUT2D eigenvalue weighted by Gasteiger charge is 2.68. The zero-order valence-corrected chi connectivity index (χ0v) is 12.2. The Morgan fingerprint density at radius 3 is 2.72 bits per heavy atom. The van der Waals surface area contributed by atoms with Crippen molar-refractivity contribution >= 4 is 34.9 Å². The zero-order chi connectivity index (χ0) is 13.6. The third-order valence-electron chi connectivity index (χ3n) is 3.26. The monoisotopic (exact) mass is 289 g/mol. The summed E-state index contributed by atoms with van der Waals surface area (Å²) >= 11 is 12.0. The molecule has 1 aromatic rings. The summed E-state index contributed by atoms with van der Waals surface area (Å²) < 4.78 is 0.832. The fourth-order valence-corrected chi connectivity index (χ4v) is 2.54. The minimum atomic E-state index is -0.944. The van der Waals surface area contributed by atoms with Gasteiger partial charge in [-0.15, -0.1) is 23.2 Å². The van der Waals surface area contributed by atoms with E-state index in [0.717, 1.165) is 6.54 Å². The average Bonchev–Trinajstić information content (AvgIpc) is 2.56. The third-order valence-corrected chi connectivity index (χ3v) is 4.36. The van der Waals surface area contributed by atoms with Crippen LogP contribution in [0, 0.1) is 11.3 Å². The van der Waals surface area contributed by atoms with Crippen LogP contribution in [0.1, 0.15) is 27.2 Å². The summed E-state index contributed by atoms with van der Waals surface area (Å²) in [4.78, 5) is 12.1.